The average Bonchev–Trinajstić information content (AvgIpc) is 2.54. The quantitative estimate of drug-likeness (QED) is 0.788. The topological polar surface area (TPSA) is 70.2 Å². The number of rotatable bonds is 5. The van der Waals surface area contributed by atoms with Gasteiger partial charge < -0.3 is 16.0 Å². The van der Waals surface area contributed by atoms with Gasteiger partial charge in [0.05, 0.1) is 6.54 Å². The summed E-state index contributed by atoms with van der Waals surface area (Å²) in [4.78, 5) is 23.4. The first-order valence-corrected chi connectivity index (χ1v) is 7.49. The maximum atomic E-state index is 12.0. The molecule has 23 heavy (non-hydrogen) atoms. The summed E-state index contributed by atoms with van der Waals surface area (Å²) in [6, 6.07) is 12.1. The van der Waals surface area contributed by atoms with Crippen molar-refractivity contribution in [3.63, 3.8) is 0 Å². The van der Waals surface area contributed by atoms with Crippen LogP contribution in [0.2, 0.25) is 5.02 Å². The fourth-order valence-electron chi connectivity index (χ4n) is 2.06. The highest BCUT2D eigenvalue weighted by atomic mass is 35.5. The molecular weight excluding hydrogens is 314 g/mol. The first kappa shape index (κ1) is 16.8. The van der Waals surface area contributed by atoms with Crippen LogP contribution >= 0.6 is 11.6 Å². The normalized spacial score (nSPS) is 10.0. The predicted molar refractivity (Wildman–Crippen MR) is 93.1 cm³/mol. The van der Waals surface area contributed by atoms with Gasteiger partial charge in [-0.1, -0.05) is 11.6 Å². The van der Waals surface area contributed by atoms with Gasteiger partial charge in [0, 0.05) is 29.0 Å². The van der Waals surface area contributed by atoms with Crippen molar-refractivity contribution in [2.75, 3.05) is 24.2 Å². The van der Waals surface area contributed by atoms with Crippen LogP contribution in [0, 0.1) is 6.92 Å². The van der Waals surface area contributed by atoms with Crippen molar-refractivity contribution in [1.29, 1.82) is 0 Å². The minimum absolute atomic E-state index is 0.139. The number of amides is 2. The van der Waals surface area contributed by atoms with Crippen molar-refractivity contribution in [3.05, 3.63) is 58.6 Å². The standard InChI is InChI=1S/C17H18ClN3O2/c1-11-9-13(18)5-8-15(11)20-10-16(22)21-14-6-3-12(4-7-14)17(23)19-2/h3-9,20H,10H2,1-2H3,(H,19,23)(H,21,22). The summed E-state index contributed by atoms with van der Waals surface area (Å²) in [5, 5.41) is 9.04. The number of aryl methyl sites for hydroxylation is 1. The lowest BCUT2D eigenvalue weighted by Crippen LogP contribution is -2.22. The molecule has 0 aromatic heterocycles. The summed E-state index contributed by atoms with van der Waals surface area (Å²) in [5.41, 5.74) is 3.01. The van der Waals surface area contributed by atoms with E-state index >= 15 is 0 Å². The number of halogens is 1. The molecular formula is C17H18ClN3O2. The third-order valence-corrected chi connectivity index (χ3v) is 3.52. The lowest BCUT2D eigenvalue weighted by atomic mass is 10.2. The van der Waals surface area contributed by atoms with Gasteiger partial charge in [0.25, 0.3) is 5.91 Å². The second-order valence-electron chi connectivity index (χ2n) is 5.02. The molecule has 0 bridgehead atoms. The molecule has 2 aromatic rings. The summed E-state index contributed by atoms with van der Waals surface area (Å²) in [7, 11) is 1.57. The van der Waals surface area contributed by atoms with E-state index in [9.17, 15) is 9.59 Å². The van der Waals surface area contributed by atoms with E-state index < -0.39 is 0 Å². The van der Waals surface area contributed by atoms with Crippen LogP contribution in [0.15, 0.2) is 42.5 Å². The molecule has 2 amide bonds. The molecule has 0 fully saturated rings. The van der Waals surface area contributed by atoms with Crippen LogP contribution in [0.3, 0.4) is 0 Å². The van der Waals surface area contributed by atoms with Crippen molar-refractivity contribution in [3.8, 4) is 0 Å². The van der Waals surface area contributed by atoms with Crippen LogP contribution < -0.4 is 16.0 Å². The Morgan fingerprint density at radius 3 is 2.39 bits per heavy atom. The Bertz CT molecular complexity index is 714. The highest BCUT2D eigenvalue weighted by Gasteiger charge is 2.06. The van der Waals surface area contributed by atoms with E-state index in [0.29, 0.717) is 16.3 Å². The van der Waals surface area contributed by atoms with Crippen molar-refractivity contribution < 1.29 is 9.59 Å². The van der Waals surface area contributed by atoms with E-state index in [2.05, 4.69) is 16.0 Å². The Morgan fingerprint density at radius 1 is 1.09 bits per heavy atom. The first-order valence-electron chi connectivity index (χ1n) is 7.11. The molecule has 0 aliphatic carbocycles. The molecule has 5 nitrogen and oxygen atoms in total. The smallest absolute Gasteiger partial charge is 0.251 e. The number of carbonyl (C=O) groups excluding carboxylic acids is 2. The molecule has 0 aliphatic rings. The summed E-state index contributed by atoms with van der Waals surface area (Å²) in [6.07, 6.45) is 0. The van der Waals surface area contributed by atoms with Gasteiger partial charge in [-0.2, -0.15) is 0 Å². The molecule has 3 N–H and O–H groups in total. The van der Waals surface area contributed by atoms with Crippen molar-refractivity contribution >= 4 is 34.8 Å². The van der Waals surface area contributed by atoms with E-state index in [1.54, 1.807) is 37.4 Å². The molecule has 6 heteroatoms. The maximum absolute atomic E-state index is 12.0. The lowest BCUT2D eigenvalue weighted by molar-refractivity contribution is -0.114. The SMILES string of the molecule is CNC(=O)c1ccc(NC(=O)CNc2ccc(Cl)cc2C)cc1. The Balaban J connectivity index is 1.90. The highest BCUT2D eigenvalue weighted by Crippen LogP contribution is 2.19. The van der Waals surface area contributed by atoms with Crippen molar-refractivity contribution in [1.82, 2.24) is 5.32 Å². The van der Waals surface area contributed by atoms with Gasteiger partial charge in [0.1, 0.15) is 0 Å². The Kier molecular flexibility index (Phi) is 5.60. The molecule has 0 unspecified atom stereocenters. The van der Waals surface area contributed by atoms with E-state index in [-0.39, 0.29) is 18.4 Å². The molecule has 0 saturated heterocycles. The van der Waals surface area contributed by atoms with Crippen LogP contribution in [0.25, 0.3) is 0 Å². The monoisotopic (exact) mass is 331 g/mol. The van der Waals surface area contributed by atoms with E-state index in [4.69, 9.17) is 11.6 Å². The third-order valence-electron chi connectivity index (χ3n) is 3.29. The molecule has 0 saturated carbocycles. The van der Waals surface area contributed by atoms with Crippen LogP contribution in [0.4, 0.5) is 11.4 Å². The van der Waals surface area contributed by atoms with Crippen molar-refractivity contribution in [2.45, 2.75) is 6.92 Å². The summed E-state index contributed by atoms with van der Waals surface area (Å²) in [6.45, 7) is 2.06. The fraction of sp³-hybridized carbons (Fsp3) is 0.176. The second-order valence-corrected chi connectivity index (χ2v) is 5.45. The van der Waals surface area contributed by atoms with Crippen LogP contribution in [-0.2, 0) is 4.79 Å². The Hall–Kier alpha value is -2.53. The van der Waals surface area contributed by atoms with Crippen LogP contribution in [0.1, 0.15) is 15.9 Å². The molecule has 0 aliphatic heterocycles. The molecule has 0 atom stereocenters. The van der Waals surface area contributed by atoms with Crippen molar-refractivity contribution in [2.24, 2.45) is 0 Å². The average molecular weight is 332 g/mol. The molecule has 0 radical (unpaired) electrons. The Morgan fingerprint density at radius 2 is 1.78 bits per heavy atom. The van der Waals surface area contributed by atoms with Crippen LogP contribution in [-0.4, -0.2) is 25.4 Å². The summed E-state index contributed by atoms with van der Waals surface area (Å²) < 4.78 is 0. The Labute approximate surface area is 140 Å². The van der Waals surface area contributed by atoms with Gasteiger partial charge in [-0.15, -0.1) is 0 Å². The van der Waals surface area contributed by atoms with Gasteiger partial charge in [0.2, 0.25) is 5.91 Å². The number of carbonyl (C=O) groups is 2. The lowest BCUT2D eigenvalue weighted by Gasteiger charge is -2.10. The molecule has 2 rings (SSSR count). The molecule has 2 aromatic carbocycles. The minimum atomic E-state index is -0.174. The molecule has 0 spiro atoms. The van der Waals surface area contributed by atoms with E-state index in [1.165, 1.54) is 0 Å². The van der Waals surface area contributed by atoms with E-state index in [0.717, 1.165) is 11.3 Å². The predicted octanol–water partition coefficient (Wildman–Crippen LogP) is 3.06. The minimum Gasteiger partial charge on any atom is -0.376 e. The largest absolute Gasteiger partial charge is 0.376 e. The fourth-order valence-corrected chi connectivity index (χ4v) is 2.28. The zero-order valence-corrected chi connectivity index (χ0v) is 13.7. The van der Waals surface area contributed by atoms with Crippen LogP contribution in [0.5, 0.6) is 0 Å². The van der Waals surface area contributed by atoms with Gasteiger partial charge in [-0.3, -0.25) is 9.59 Å². The zero-order chi connectivity index (χ0) is 16.8. The maximum Gasteiger partial charge on any atom is 0.251 e. The van der Waals surface area contributed by atoms with Gasteiger partial charge in [-0.25, -0.2) is 0 Å². The third kappa shape index (κ3) is 4.72. The highest BCUT2D eigenvalue weighted by molar-refractivity contribution is 6.30. The molecule has 120 valence electrons. The second kappa shape index (κ2) is 7.65. The number of nitrogens with one attached hydrogen (secondary N) is 3. The number of benzene rings is 2. The number of hydrogen-bond donors (Lipinski definition) is 3. The number of anilines is 2. The summed E-state index contributed by atoms with van der Waals surface area (Å²) >= 11 is 5.90. The van der Waals surface area contributed by atoms with Gasteiger partial charge in [0.15, 0.2) is 0 Å². The molecule has 0 heterocycles. The number of hydrogen-bond acceptors (Lipinski definition) is 3. The zero-order valence-electron chi connectivity index (χ0n) is 12.9. The van der Waals surface area contributed by atoms with E-state index in [1.807, 2.05) is 19.1 Å². The van der Waals surface area contributed by atoms with Gasteiger partial charge in [-0.05, 0) is 55.0 Å². The summed E-state index contributed by atoms with van der Waals surface area (Å²) in [5.74, 6) is -0.338. The first-order chi connectivity index (χ1) is 11.0. The van der Waals surface area contributed by atoms with Gasteiger partial charge >= 0.3 is 0 Å².